The molecule has 0 aliphatic heterocycles. The number of hydrogen-bond acceptors (Lipinski definition) is 4. The Morgan fingerprint density at radius 3 is 1.56 bits per heavy atom. The fourth-order valence-electron chi connectivity index (χ4n) is 5.16. The number of amides is 2. The number of nitrogens with one attached hydrogen (secondary N) is 2. The van der Waals surface area contributed by atoms with E-state index in [1.165, 1.54) is 0 Å². The Morgan fingerprint density at radius 2 is 1.07 bits per heavy atom. The molecular weight excluding hydrogens is 532 g/mol. The van der Waals surface area contributed by atoms with Crippen molar-refractivity contribution >= 4 is 33.6 Å². The minimum atomic E-state index is -0.323. The number of hydrogen-bond donors (Lipinski definition) is 2. The smallest absolute Gasteiger partial charge is 0.252 e. The number of benzene rings is 4. The predicted molar refractivity (Wildman–Crippen MR) is 173 cm³/mol. The van der Waals surface area contributed by atoms with E-state index in [1.807, 2.05) is 130 Å². The summed E-state index contributed by atoms with van der Waals surface area (Å²) >= 11 is 0. The lowest BCUT2D eigenvalue weighted by Crippen LogP contribution is -2.42. The van der Waals surface area contributed by atoms with Gasteiger partial charge in [0.2, 0.25) is 0 Å². The van der Waals surface area contributed by atoms with Crippen molar-refractivity contribution in [1.29, 1.82) is 0 Å². The Bertz CT molecular complexity index is 1960. The molecule has 0 aliphatic carbocycles. The van der Waals surface area contributed by atoms with Gasteiger partial charge in [0.1, 0.15) is 0 Å². The predicted octanol–water partition coefficient (Wildman–Crippen LogP) is 7.28. The van der Waals surface area contributed by atoms with Gasteiger partial charge < -0.3 is 10.6 Å². The van der Waals surface area contributed by atoms with Crippen LogP contribution in [0, 0.1) is 13.8 Å². The van der Waals surface area contributed by atoms with E-state index in [9.17, 15) is 9.59 Å². The van der Waals surface area contributed by atoms with Gasteiger partial charge in [-0.15, -0.1) is 0 Å². The Hall–Kier alpha value is -5.36. The highest BCUT2D eigenvalue weighted by Crippen LogP contribution is 2.27. The fourth-order valence-corrected chi connectivity index (χ4v) is 5.16. The first-order chi connectivity index (χ1) is 20.9. The van der Waals surface area contributed by atoms with E-state index in [0.29, 0.717) is 11.1 Å². The number of rotatable bonds is 7. The van der Waals surface area contributed by atoms with Crippen molar-refractivity contribution in [2.75, 3.05) is 6.54 Å². The Morgan fingerprint density at radius 1 is 0.628 bits per heavy atom. The fraction of sp³-hybridized carbons (Fsp3) is 0.135. The summed E-state index contributed by atoms with van der Waals surface area (Å²) in [6.45, 7) is 6.22. The summed E-state index contributed by atoms with van der Waals surface area (Å²) in [5.74, 6) is -0.436. The molecule has 6 nitrogen and oxygen atoms in total. The summed E-state index contributed by atoms with van der Waals surface area (Å²) < 4.78 is 0. The minimum absolute atomic E-state index is 0.218. The molecule has 6 rings (SSSR count). The molecule has 6 aromatic rings. The normalized spacial score (nSPS) is 11.8. The molecule has 1 unspecified atom stereocenters. The summed E-state index contributed by atoms with van der Waals surface area (Å²) in [7, 11) is 0. The van der Waals surface area contributed by atoms with Crippen LogP contribution in [0.1, 0.15) is 38.8 Å². The first kappa shape index (κ1) is 27.8. The third-order valence-electron chi connectivity index (χ3n) is 7.56. The van der Waals surface area contributed by atoms with Crippen LogP contribution in [0.2, 0.25) is 0 Å². The molecule has 0 bridgehead atoms. The van der Waals surface area contributed by atoms with Crippen LogP contribution >= 0.6 is 0 Å². The molecule has 2 N–H and O–H groups in total. The average molecular weight is 565 g/mol. The molecule has 1 atom stereocenters. The first-order valence-electron chi connectivity index (χ1n) is 14.4. The lowest BCUT2D eigenvalue weighted by atomic mass is 10.0. The molecule has 2 heterocycles. The van der Waals surface area contributed by atoms with E-state index in [-0.39, 0.29) is 24.4 Å². The van der Waals surface area contributed by atoms with Gasteiger partial charge in [-0.2, -0.15) is 0 Å². The van der Waals surface area contributed by atoms with Gasteiger partial charge in [0.25, 0.3) is 11.8 Å². The summed E-state index contributed by atoms with van der Waals surface area (Å²) in [5.41, 5.74) is 8.26. The number of aryl methyl sites for hydroxylation is 2. The number of nitrogens with zero attached hydrogens (tertiary/aromatic N) is 2. The first-order valence-corrected chi connectivity index (χ1v) is 14.4. The Balaban J connectivity index is 1.21. The molecule has 0 saturated carbocycles. The summed E-state index contributed by atoms with van der Waals surface area (Å²) in [6.07, 6.45) is 0. The highest BCUT2D eigenvalue weighted by atomic mass is 16.2. The maximum Gasteiger partial charge on any atom is 0.252 e. The zero-order chi connectivity index (χ0) is 29.9. The van der Waals surface area contributed by atoms with Crippen molar-refractivity contribution in [3.05, 3.63) is 131 Å². The van der Waals surface area contributed by atoms with Gasteiger partial charge in [-0.05, 0) is 45.0 Å². The third-order valence-corrected chi connectivity index (χ3v) is 7.56. The Kier molecular flexibility index (Phi) is 7.67. The van der Waals surface area contributed by atoms with Crippen LogP contribution in [0.3, 0.4) is 0 Å². The summed E-state index contributed by atoms with van der Waals surface area (Å²) in [6, 6.07) is 34.8. The van der Waals surface area contributed by atoms with Crippen molar-refractivity contribution in [3.63, 3.8) is 0 Å². The second-order valence-electron chi connectivity index (χ2n) is 11.0. The van der Waals surface area contributed by atoms with Crippen molar-refractivity contribution in [2.45, 2.75) is 26.8 Å². The maximum absolute atomic E-state index is 13.6. The van der Waals surface area contributed by atoms with E-state index >= 15 is 0 Å². The van der Waals surface area contributed by atoms with Gasteiger partial charge in [0.05, 0.1) is 33.5 Å². The van der Waals surface area contributed by atoms with Gasteiger partial charge in [0.15, 0.2) is 0 Å². The average Bonchev–Trinajstić information content (AvgIpc) is 3.03. The molecule has 2 amide bonds. The lowest BCUT2D eigenvalue weighted by molar-refractivity contribution is 0.0914. The Labute approximate surface area is 250 Å². The van der Waals surface area contributed by atoms with Crippen molar-refractivity contribution in [3.8, 4) is 22.5 Å². The molecule has 0 spiro atoms. The monoisotopic (exact) mass is 564 g/mol. The van der Waals surface area contributed by atoms with Gasteiger partial charge >= 0.3 is 0 Å². The summed E-state index contributed by atoms with van der Waals surface area (Å²) in [5, 5.41) is 7.64. The van der Waals surface area contributed by atoms with Crippen LogP contribution in [0.25, 0.3) is 44.3 Å². The number of fused-ring (bicyclic) bond motifs is 2. The second kappa shape index (κ2) is 11.9. The highest BCUT2D eigenvalue weighted by molar-refractivity contribution is 6.08. The van der Waals surface area contributed by atoms with Crippen molar-refractivity contribution in [1.82, 2.24) is 20.6 Å². The molecule has 0 aliphatic rings. The van der Waals surface area contributed by atoms with Crippen LogP contribution in [0.15, 0.2) is 109 Å². The maximum atomic E-state index is 13.6. The molecule has 0 fully saturated rings. The second-order valence-corrected chi connectivity index (χ2v) is 11.0. The molecular formula is C37H32N4O2. The standard InChI is InChI=1S/C37H32N4O2/c1-23-12-16-26(17-13-23)34-20-30(28-8-4-6-10-32(28)40-34)36(42)38-22-25(3)39-37(43)31-21-35(27-18-14-24(2)15-19-27)41-33-11-7-5-9-29(31)33/h4-21,25H,22H2,1-3H3,(H,38,42)(H,39,43). The van der Waals surface area contributed by atoms with E-state index in [4.69, 9.17) is 9.97 Å². The highest BCUT2D eigenvalue weighted by Gasteiger charge is 2.18. The molecule has 43 heavy (non-hydrogen) atoms. The third kappa shape index (κ3) is 5.99. The number of pyridine rings is 2. The molecule has 0 saturated heterocycles. The molecule has 4 aromatic carbocycles. The topological polar surface area (TPSA) is 84.0 Å². The minimum Gasteiger partial charge on any atom is -0.350 e. The van der Waals surface area contributed by atoms with Gasteiger partial charge in [-0.3, -0.25) is 9.59 Å². The van der Waals surface area contributed by atoms with Crippen molar-refractivity contribution < 1.29 is 9.59 Å². The van der Waals surface area contributed by atoms with E-state index in [0.717, 1.165) is 55.4 Å². The van der Waals surface area contributed by atoms with Gasteiger partial charge in [0, 0.05) is 34.5 Å². The van der Waals surface area contributed by atoms with Gasteiger partial charge in [-0.1, -0.05) is 96.1 Å². The van der Waals surface area contributed by atoms with E-state index in [1.54, 1.807) is 0 Å². The zero-order valence-electron chi connectivity index (χ0n) is 24.4. The van der Waals surface area contributed by atoms with Gasteiger partial charge in [-0.25, -0.2) is 9.97 Å². The molecule has 2 aromatic heterocycles. The number of aromatic nitrogens is 2. The van der Waals surface area contributed by atoms with Crippen LogP contribution in [-0.2, 0) is 0 Å². The number of para-hydroxylation sites is 2. The summed E-state index contributed by atoms with van der Waals surface area (Å²) in [4.78, 5) is 36.7. The molecule has 6 heteroatoms. The van der Waals surface area contributed by atoms with Crippen molar-refractivity contribution in [2.24, 2.45) is 0 Å². The van der Waals surface area contributed by atoms with E-state index in [2.05, 4.69) is 10.6 Å². The lowest BCUT2D eigenvalue weighted by Gasteiger charge is -2.17. The molecule has 0 radical (unpaired) electrons. The largest absolute Gasteiger partial charge is 0.350 e. The number of carbonyl (C=O) groups excluding carboxylic acids is 2. The van der Waals surface area contributed by atoms with E-state index < -0.39 is 0 Å². The zero-order valence-corrected chi connectivity index (χ0v) is 24.4. The number of carbonyl (C=O) groups is 2. The van der Waals surface area contributed by atoms with Crippen LogP contribution in [-0.4, -0.2) is 34.4 Å². The SMILES string of the molecule is Cc1ccc(-c2cc(C(=O)NCC(C)NC(=O)c3cc(-c4ccc(C)cc4)nc4ccccc34)c3ccccc3n2)cc1. The quantitative estimate of drug-likeness (QED) is 0.213. The van der Waals surface area contributed by atoms with Crippen LogP contribution in [0.4, 0.5) is 0 Å². The van der Waals surface area contributed by atoms with Crippen LogP contribution < -0.4 is 10.6 Å². The molecule has 212 valence electrons. The van der Waals surface area contributed by atoms with Crippen LogP contribution in [0.5, 0.6) is 0 Å².